The molecule has 5 atom stereocenters. The van der Waals surface area contributed by atoms with Crippen molar-refractivity contribution >= 4 is 82.2 Å². The van der Waals surface area contributed by atoms with Gasteiger partial charge in [-0.1, -0.05) is 189 Å². The summed E-state index contributed by atoms with van der Waals surface area (Å²) in [7, 11) is -3.76. The van der Waals surface area contributed by atoms with Crippen LogP contribution >= 0.6 is 11.3 Å². The predicted molar refractivity (Wildman–Crippen MR) is 276 cm³/mol. The summed E-state index contributed by atoms with van der Waals surface area (Å²) in [4.78, 5) is 3.04. The second kappa shape index (κ2) is 32.3. The Morgan fingerprint density at radius 1 is 0.472 bits per heavy atom. The van der Waals surface area contributed by atoms with Crippen LogP contribution in [0.5, 0.6) is 0 Å². The molecule has 0 radical (unpaired) electrons. The summed E-state index contributed by atoms with van der Waals surface area (Å²) in [6.45, 7) is 25.8. The predicted octanol–water partition coefficient (Wildman–Crippen LogP) is 13.9. The molecule has 0 saturated heterocycles. The topological polar surface area (TPSA) is 9.23 Å². The van der Waals surface area contributed by atoms with Gasteiger partial charge in [-0.3, -0.25) is 0 Å². The molecule has 0 aromatic carbocycles. The summed E-state index contributed by atoms with van der Waals surface area (Å²) in [6, 6.07) is 25.3. The lowest BCUT2D eigenvalue weighted by Gasteiger charge is -2.34. The molecule has 10 heteroatoms. The van der Waals surface area contributed by atoms with Gasteiger partial charge in [0.25, 0.3) is 0 Å². The van der Waals surface area contributed by atoms with Crippen LogP contribution in [0.2, 0.25) is 137 Å². The standard InChI is InChI=1S/C43H98OSSi8/c1-42-27-28-43(45-42)26-18-16-14-12-11-13-15-17-19-40-52(7,8)44-53(9,10)41-25-39-51(6)38-24-37-50(5)36-23-35-49(4)34-22-33-48(3)32-21-31-47(2)30-20-29-46/h27-28,47-51H,11-26,29-41H2,1-10,46H3. The number of unbranched alkanes of at least 4 members (excludes halogenated alkanes) is 8. The molecular weight excluding hydrogens is 789 g/mol. The molecule has 0 aliphatic carbocycles. The summed E-state index contributed by atoms with van der Waals surface area (Å²) in [5.41, 5.74) is 0. The van der Waals surface area contributed by atoms with Crippen molar-refractivity contribution in [2.24, 2.45) is 0 Å². The normalized spacial score (nSPS) is 15.5. The molecular formula is C43H98OSSi8. The fourth-order valence-electron chi connectivity index (χ4n) is 8.97. The highest BCUT2D eigenvalue weighted by Gasteiger charge is 2.32. The number of hydrogen-bond donors (Lipinski definition) is 0. The van der Waals surface area contributed by atoms with Gasteiger partial charge in [-0.25, -0.2) is 0 Å². The molecule has 0 bridgehead atoms. The molecule has 0 N–H and O–H groups in total. The number of hydrogen-bond acceptors (Lipinski definition) is 2. The SMILES string of the molecule is Cc1ccc(CCCCCCCCCCC[Si](C)(C)O[Si](C)(C)CCC[SiH](C)CCC[SiH](C)CCC[SiH](C)CCC[SiH](C)CCC[SiH](C)CCC[SiH3])s1. The van der Waals surface area contributed by atoms with Crippen molar-refractivity contribution in [1.29, 1.82) is 0 Å². The first-order valence-corrected chi connectivity index (χ1v) is 46.4. The third-order valence-electron chi connectivity index (χ3n) is 12.7. The molecule has 1 heterocycles. The maximum Gasteiger partial charge on any atom is 0.173 e. The molecule has 0 amide bonds. The van der Waals surface area contributed by atoms with E-state index in [-0.39, 0.29) is 8.80 Å². The van der Waals surface area contributed by atoms with Gasteiger partial charge in [-0.15, -0.1) is 11.3 Å². The highest BCUT2D eigenvalue weighted by Crippen LogP contribution is 2.27. The van der Waals surface area contributed by atoms with E-state index in [0.717, 1.165) is 0 Å². The minimum absolute atomic E-state index is 0.332. The second-order valence-corrected chi connectivity index (χ2v) is 48.2. The van der Waals surface area contributed by atoms with Crippen LogP contribution in [0.1, 0.15) is 106 Å². The summed E-state index contributed by atoms with van der Waals surface area (Å²) < 4.78 is 7.06. The van der Waals surface area contributed by atoms with Gasteiger partial charge in [0.05, 0.1) is 0 Å². The average Bonchev–Trinajstić information content (AvgIpc) is 3.50. The molecule has 314 valence electrons. The van der Waals surface area contributed by atoms with Gasteiger partial charge in [-0.05, 0) is 70.2 Å². The summed E-state index contributed by atoms with van der Waals surface area (Å²) in [6.07, 6.45) is 23.5. The molecule has 0 fully saturated rings. The van der Waals surface area contributed by atoms with E-state index in [1.807, 2.05) is 11.3 Å². The average molecular weight is 888 g/mol. The van der Waals surface area contributed by atoms with Gasteiger partial charge in [0.15, 0.2) is 16.6 Å². The zero-order chi connectivity index (χ0) is 39.4. The summed E-state index contributed by atoms with van der Waals surface area (Å²) in [5.74, 6) is 0. The van der Waals surface area contributed by atoms with E-state index in [9.17, 15) is 0 Å². The van der Waals surface area contributed by atoms with Crippen molar-refractivity contribution in [1.82, 2.24) is 0 Å². The third-order valence-corrected chi connectivity index (χ3v) is 35.9. The van der Waals surface area contributed by atoms with Crippen LogP contribution in [-0.4, -0.2) is 70.9 Å². The highest BCUT2D eigenvalue weighted by molar-refractivity contribution is 7.11. The molecule has 0 saturated carbocycles. The molecule has 1 nitrogen and oxygen atoms in total. The van der Waals surface area contributed by atoms with Gasteiger partial charge in [0.2, 0.25) is 0 Å². The van der Waals surface area contributed by atoms with Gasteiger partial charge < -0.3 is 4.12 Å². The van der Waals surface area contributed by atoms with Gasteiger partial charge >= 0.3 is 0 Å². The van der Waals surface area contributed by atoms with Crippen LogP contribution in [0, 0.1) is 6.92 Å². The van der Waals surface area contributed by atoms with Crippen LogP contribution in [0.4, 0.5) is 0 Å². The number of thiophene rings is 1. The molecule has 0 aliphatic rings. The third kappa shape index (κ3) is 32.0. The number of aryl methyl sites for hydroxylation is 2. The van der Waals surface area contributed by atoms with E-state index in [1.165, 1.54) is 97.8 Å². The summed E-state index contributed by atoms with van der Waals surface area (Å²) >= 11 is 1.98. The highest BCUT2D eigenvalue weighted by atomic mass is 32.1. The maximum absolute atomic E-state index is 7.06. The molecule has 0 spiro atoms. The van der Waals surface area contributed by atoms with Crippen molar-refractivity contribution < 1.29 is 4.12 Å². The molecule has 53 heavy (non-hydrogen) atoms. The van der Waals surface area contributed by atoms with Crippen molar-refractivity contribution in [3.63, 3.8) is 0 Å². The summed E-state index contributed by atoms with van der Waals surface area (Å²) in [5, 5.41) is 0. The fraction of sp³-hybridized carbons (Fsp3) is 0.907. The Morgan fingerprint density at radius 2 is 0.811 bits per heavy atom. The largest absolute Gasteiger partial charge is 0.455 e. The van der Waals surface area contributed by atoms with Gasteiger partial charge in [0, 0.05) is 64.0 Å². The van der Waals surface area contributed by atoms with Crippen LogP contribution in [0.25, 0.3) is 0 Å². The van der Waals surface area contributed by atoms with E-state index < -0.39 is 51.8 Å². The van der Waals surface area contributed by atoms with Crippen molar-refractivity contribution in [3.05, 3.63) is 21.9 Å². The Morgan fingerprint density at radius 3 is 1.19 bits per heavy atom. The van der Waals surface area contributed by atoms with Crippen LogP contribution in [0.3, 0.4) is 0 Å². The first-order valence-electron chi connectivity index (χ1n) is 24.0. The van der Waals surface area contributed by atoms with Gasteiger partial charge in [-0.2, -0.15) is 0 Å². The van der Waals surface area contributed by atoms with Gasteiger partial charge in [0.1, 0.15) is 0 Å². The van der Waals surface area contributed by atoms with E-state index in [2.05, 4.69) is 78.0 Å². The fourth-order valence-corrected chi connectivity index (χ4v) is 33.3. The Bertz CT molecular complexity index is 976. The van der Waals surface area contributed by atoms with E-state index in [1.54, 1.807) is 103 Å². The van der Waals surface area contributed by atoms with Crippen molar-refractivity contribution in [2.45, 2.75) is 247 Å². The minimum atomic E-state index is -1.53. The Hall–Kier alpha value is 1.40. The van der Waals surface area contributed by atoms with E-state index in [4.69, 9.17) is 4.12 Å². The lowest BCUT2D eigenvalue weighted by molar-refractivity contribution is 0.523. The van der Waals surface area contributed by atoms with Crippen molar-refractivity contribution in [2.75, 3.05) is 0 Å². The zero-order valence-electron chi connectivity index (χ0n) is 38.4. The quantitative estimate of drug-likeness (QED) is 0.0478. The van der Waals surface area contributed by atoms with Crippen molar-refractivity contribution in [3.8, 4) is 0 Å². The number of rotatable bonds is 37. The Kier molecular flexibility index (Phi) is 31.9. The Balaban J connectivity index is 2.01. The van der Waals surface area contributed by atoms with Crippen LogP contribution in [-0.2, 0) is 10.5 Å². The van der Waals surface area contributed by atoms with Crippen LogP contribution < -0.4 is 0 Å². The first-order chi connectivity index (χ1) is 25.2. The molecule has 5 unspecified atom stereocenters. The second-order valence-electron chi connectivity index (χ2n) is 20.1. The van der Waals surface area contributed by atoms with E-state index in [0.29, 0.717) is 0 Å². The molecule has 0 aliphatic heterocycles. The lowest BCUT2D eigenvalue weighted by Crippen LogP contribution is -2.44. The zero-order valence-corrected chi connectivity index (χ0v) is 49.0. The monoisotopic (exact) mass is 887 g/mol. The molecule has 1 rings (SSSR count). The van der Waals surface area contributed by atoms with E-state index >= 15 is 0 Å². The minimum Gasteiger partial charge on any atom is -0.455 e. The Labute approximate surface area is 352 Å². The van der Waals surface area contributed by atoms with Crippen LogP contribution in [0.15, 0.2) is 12.1 Å². The molecule has 1 aromatic rings. The first kappa shape index (κ1) is 52.4. The molecule has 1 aromatic heterocycles. The lowest BCUT2D eigenvalue weighted by atomic mass is 10.1. The smallest absolute Gasteiger partial charge is 0.173 e. The maximum atomic E-state index is 7.06.